The number of carbonyl (C=O) groups is 1. The molecule has 2 rings (SSSR count). The van der Waals surface area contributed by atoms with Gasteiger partial charge in [0, 0.05) is 13.1 Å². The van der Waals surface area contributed by atoms with Gasteiger partial charge in [-0.3, -0.25) is 4.79 Å². The summed E-state index contributed by atoms with van der Waals surface area (Å²) in [4.78, 5) is 11.2. The van der Waals surface area contributed by atoms with Gasteiger partial charge in [-0.1, -0.05) is 16.8 Å². The van der Waals surface area contributed by atoms with Crippen LogP contribution in [0.15, 0.2) is 33.7 Å². The molecular formula is C14H13ClF3N3O4S. The van der Waals surface area contributed by atoms with E-state index in [0.717, 1.165) is 13.1 Å². The molecule has 2 aromatic rings. The van der Waals surface area contributed by atoms with Crippen LogP contribution < -0.4 is 5.32 Å². The standard InChI is InChI=1S/C14H13ClF3N3O4S/c1-8-5-12(20-25-8)19-13(22)7-21(2)26(23,24)11-6-9(14(16,17)18)3-4-10(11)15/h3-6H,7H2,1-2H3,(H,19,20,22). The molecule has 1 amide bonds. The SMILES string of the molecule is Cc1cc(NC(=O)CN(C)S(=O)(=O)c2cc(C(F)(F)F)ccc2Cl)no1. The summed E-state index contributed by atoms with van der Waals surface area (Å²) in [7, 11) is -3.40. The van der Waals surface area contributed by atoms with Crippen molar-refractivity contribution in [1.29, 1.82) is 0 Å². The largest absolute Gasteiger partial charge is 0.416 e. The van der Waals surface area contributed by atoms with Gasteiger partial charge >= 0.3 is 6.18 Å². The van der Waals surface area contributed by atoms with E-state index >= 15 is 0 Å². The van der Waals surface area contributed by atoms with Crippen molar-refractivity contribution in [3.05, 3.63) is 40.6 Å². The Bertz CT molecular complexity index is 928. The molecule has 1 heterocycles. The second-order valence-electron chi connectivity index (χ2n) is 5.28. The summed E-state index contributed by atoms with van der Waals surface area (Å²) >= 11 is 5.75. The summed E-state index contributed by atoms with van der Waals surface area (Å²) in [6, 6.07) is 3.34. The van der Waals surface area contributed by atoms with Crippen LogP contribution in [0, 0.1) is 6.92 Å². The van der Waals surface area contributed by atoms with E-state index in [1.54, 1.807) is 6.92 Å². The molecular weight excluding hydrogens is 399 g/mol. The number of benzene rings is 1. The van der Waals surface area contributed by atoms with E-state index < -0.39 is 44.1 Å². The lowest BCUT2D eigenvalue weighted by atomic mass is 10.2. The van der Waals surface area contributed by atoms with Crippen molar-refractivity contribution in [3.8, 4) is 0 Å². The van der Waals surface area contributed by atoms with Gasteiger partial charge in [0.15, 0.2) is 5.82 Å². The molecule has 0 bridgehead atoms. The Kier molecular flexibility index (Phi) is 5.64. The first-order valence-electron chi connectivity index (χ1n) is 6.97. The summed E-state index contributed by atoms with van der Waals surface area (Å²) in [6.07, 6.45) is -4.74. The third kappa shape index (κ3) is 4.54. The molecule has 0 atom stereocenters. The number of sulfonamides is 1. The van der Waals surface area contributed by atoms with Crippen molar-refractivity contribution >= 4 is 33.3 Å². The number of amides is 1. The maximum absolute atomic E-state index is 12.8. The number of likely N-dealkylation sites (N-methyl/N-ethyl adjacent to an activating group) is 1. The molecule has 0 aliphatic heterocycles. The van der Waals surface area contributed by atoms with Gasteiger partial charge in [-0.2, -0.15) is 17.5 Å². The Balaban J connectivity index is 2.22. The molecule has 1 aromatic carbocycles. The molecule has 0 spiro atoms. The fourth-order valence-electron chi connectivity index (χ4n) is 1.94. The van der Waals surface area contributed by atoms with Crippen molar-refractivity contribution < 1.29 is 30.9 Å². The van der Waals surface area contributed by atoms with Crippen LogP contribution in [0.2, 0.25) is 5.02 Å². The van der Waals surface area contributed by atoms with E-state index in [1.165, 1.54) is 6.07 Å². The molecule has 0 fully saturated rings. The van der Waals surface area contributed by atoms with Gasteiger partial charge in [-0.15, -0.1) is 0 Å². The topological polar surface area (TPSA) is 92.5 Å². The first kappa shape index (κ1) is 20.2. The fourth-order valence-corrected chi connectivity index (χ4v) is 3.56. The average Bonchev–Trinajstić information content (AvgIpc) is 2.91. The summed E-state index contributed by atoms with van der Waals surface area (Å²) in [6.45, 7) is 0.926. The van der Waals surface area contributed by atoms with E-state index in [4.69, 9.17) is 16.1 Å². The van der Waals surface area contributed by atoms with Crippen LogP contribution in [0.5, 0.6) is 0 Å². The van der Waals surface area contributed by atoms with Crippen LogP contribution in [0.25, 0.3) is 0 Å². The average molecular weight is 412 g/mol. The number of nitrogens with zero attached hydrogens (tertiary/aromatic N) is 2. The second-order valence-corrected chi connectivity index (χ2v) is 7.70. The van der Waals surface area contributed by atoms with Gasteiger partial charge in [0.1, 0.15) is 10.7 Å². The van der Waals surface area contributed by atoms with E-state index in [9.17, 15) is 26.4 Å². The van der Waals surface area contributed by atoms with Gasteiger partial charge < -0.3 is 9.84 Å². The Hall–Kier alpha value is -2.11. The molecule has 1 N–H and O–H groups in total. The van der Waals surface area contributed by atoms with E-state index in [1.807, 2.05) is 0 Å². The molecule has 0 saturated carbocycles. The third-order valence-corrected chi connectivity index (χ3v) is 5.49. The first-order chi connectivity index (χ1) is 11.9. The predicted octanol–water partition coefficient (Wildman–Crippen LogP) is 2.91. The van der Waals surface area contributed by atoms with E-state index in [-0.39, 0.29) is 5.82 Å². The molecule has 7 nitrogen and oxygen atoms in total. The lowest BCUT2D eigenvalue weighted by molar-refractivity contribution is -0.137. The molecule has 142 valence electrons. The molecule has 26 heavy (non-hydrogen) atoms. The normalized spacial score (nSPS) is 12.4. The molecule has 1 aromatic heterocycles. The van der Waals surface area contributed by atoms with Crippen molar-refractivity contribution in [2.24, 2.45) is 0 Å². The summed E-state index contributed by atoms with van der Waals surface area (Å²) in [5, 5.41) is 5.43. The van der Waals surface area contributed by atoms with Gasteiger partial charge in [-0.05, 0) is 25.1 Å². The third-order valence-electron chi connectivity index (χ3n) is 3.21. The van der Waals surface area contributed by atoms with Crippen LogP contribution in [0.3, 0.4) is 0 Å². The highest BCUT2D eigenvalue weighted by Crippen LogP contribution is 2.34. The summed E-state index contributed by atoms with van der Waals surface area (Å²) < 4.78 is 68.7. The lowest BCUT2D eigenvalue weighted by Crippen LogP contribution is -2.35. The number of hydrogen-bond acceptors (Lipinski definition) is 5. The van der Waals surface area contributed by atoms with Crippen LogP contribution >= 0.6 is 11.6 Å². The number of carbonyl (C=O) groups excluding carboxylic acids is 1. The molecule has 0 saturated heterocycles. The van der Waals surface area contributed by atoms with Gasteiger partial charge in [0.2, 0.25) is 15.9 Å². The highest BCUT2D eigenvalue weighted by atomic mass is 35.5. The van der Waals surface area contributed by atoms with Gasteiger partial charge in [-0.25, -0.2) is 8.42 Å². The zero-order chi connectivity index (χ0) is 19.7. The molecule has 0 unspecified atom stereocenters. The van der Waals surface area contributed by atoms with Crippen LogP contribution in [0.4, 0.5) is 19.0 Å². The number of alkyl halides is 3. The van der Waals surface area contributed by atoms with Crippen molar-refractivity contribution in [1.82, 2.24) is 9.46 Å². The lowest BCUT2D eigenvalue weighted by Gasteiger charge is -2.18. The number of hydrogen-bond donors (Lipinski definition) is 1. The fraction of sp³-hybridized carbons (Fsp3) is 0.286. The zero-order valence-corrected chi connectivity index (χ0v) is 15.0. The molecule has 0 aliphatic carbocycles. The number of nitrogens with one attached hydrogen (secondary N) is 1. The highest BCUT2D eigenvalue weighted by molar-refractivity contribution is 7.89. The minimum atomic E-state index is -4.74. The highest BCUT2D eigenvalue weighted by Gasteiger charge is 2.34. The monoisotopic (exact) mass is 411 g/mol. The van der Waals surface area contributed by atoms with E-state index in [2.05, 4.69) is 10.5 Å². The van der Waals surface area contributed by atoms with Crippen LogP contribution in [-0.2, 0) is 21.0 Å². The first-order valence-corrected chi connectivity index (χ1v) is 8.79. The Morgan fingerprint density at radius 3 is 2.54 bits per heavy atom. The Morgan fingerprint density at radius 2 is 2.00 bits per heavy atom. The van der Waals surface area contributed by atoms with Gasteiger partial charge in [0.05, 0.1) is 17.1 Å². The second kappa shape index (κ2) is 7.25. The zero-order valence-electron chi connectivity index (χ0n) is 13.5. The molecule has 0 aliphatic rings. The number of aryl methyl sites for hydroxylation is 1. The minimum absolute atomic E-state index is 0.0791. The van der Waals surface area contributed by atoms with Crippen molar-refractivity contribution in [2.45, 2.75) is 18.0 Å². The van der Waals surface area contributed by atoms with E-state index in [0.29, 0.717) is 22.2 Å². The van der Waals surface area contributed by atoms with Crippen molar-refractivity contribution in [3.63, 3.8) is 0 Å². The quantitative estimate of drug-likeness (QED) is 0.816. The minimum Gasteiger partial charge on any atom is -0.360 e. The summed E-state index contributed by atoms with van der Waals surface area (Å²) in [5.41, 5.74) is -1.17. The van der Waals surface area contributed by atoms with Crippen molar-refractivity contribution in [2.75, 3.05) is 18.9 Å². The number of halogens is 4. The maximum Gasteiger partial charge on any atom is 0.416 e. The molecule has 12 heteroatoms. The van der Waals surface area contributed by atoms with Crippen LogP contribution in [0.1, 0.15) is 11.3 Å². The molecule has 0 radical (unpaired) electrons. The number of aromatic nitrogens is 1. The maximum atomic E-state index is 12.8. The number of rotatable bonds is 5. The Labute approximate surface area is 151 Å². The smallest absolute Gasteiger partial charge is 0.360 e. The summed E-state index contributed by atoms with van der Waals surface area (Å²) in [5.74, 6) is -0.250. The van der Waals surface area contributed by atoms with Gasteiger partial charge in [0.25, 0.3) is 0 Å². The number of anilines is 1. The van der Waals surface area contributed by atoms with Crippen LogP contribution in [-0.4, -0.2) is 37.4 Å². The predicted molar refractivity (Wildman–Crippen MR) is 86.1 cm³/mol. The Morgan fingerprint density at radius 1 is 1.35 bits per heavy atom.